The zero-order valence-electron chi connectivity index (χ0n) is 20.4. The molecule has 0 saturated carbocycles. The summed E-state index contributed by atoms with van der Waals surface area (Å²) in [4.78, 5) is 20.7. The third kappa shape index (κ3) is 8.65. The van der Waals surface area contributed by atoms with E-state index in [4.69, 9.17) is 9.84 Å². The largest absolute Gasteiger partial charge is 0.491 e. The maximum Gasteiger partial charge on any atom is 0.303 e. The molecule has 0 spiro atoms. The van der Waals surface area contributed by atoms with Gasteiger partial charge in [0, 0.05) is 29.4 Å². The van der Waals surface area contributed by atoms with Crippen molar-refractivity contribution < 1.29 is 14.6 Å². The Hall–Kier alpha value is -3.15. The van der Waals surface area contributed by atoms with E-state index in [2.05, 4.69) is 52.2 Å². The van der Waals surface area contributed by atoms with Gasteiger partial charge in [-0.05, 0) is 56.0 Å². The second kappa shape index (κ2) is 14.2. The monoisotopic (exact) mass is 465 g/mol. The number of H-pyrrole nitrogens is 3. The Morgan fingerprint density at radius 3 is 2.38 bits per heavy atom. The van der Waals surface area contributed by atoms with E-state index >= 15 is 0 Å². The van der Waals surface area contributed by atoms with Crippen molar-refractivity contribution in [2.45, 2.75) is 77.6 Å². The summed E-state index contributed by atoms with van der Waals surface area (Å²) in [5.74, 6) is 0.188. The molecule has 0 aliphatic heterocycles. The zero-order valence-corrected chi connectivity index (χ0v) is 20.4. The molecule has 0 unspecified atom stereocenters. The molecule has 3 aromatic rings. The molecule has 3 aromatic heterocycles. The van der Waals surface area contributed by atoms with Crippen LogP contribution in [0.5, 0.6) is 5.75 Å². The lowest BCUT2D eigenvalue weighted by Gasteiger charge is -2.02. The molecular weight excluding hydrogens is 426 g/mol. The molecule has 34 heavy (non-hydrogen) atoms. The van der Waals surface area contributed by atoms with Crippen molar-refractivity contribution >= 4 is 18.1 Å². The highest BCUT2D eigenvalue weighted by Crippen LogP contribution is 2.27. The Kier molecular flexibility index (Phi) is 10.6. The van der Waals surface area contributed by atoms with Crippen LogP contribution in [0, 0.1) is 0 Å². The van der Waals surface area contributed by atoms with E-state index in [0.29, 0.717) is 13.0 Å². The first-order valence-corrected chi connectivity index (χ1v) is 12.7. The number of aliphatic carboxylic acids is 1. The SMILES string of the molecule is CCCOc1cc(-c2ccc[nH]2)[nH]c1C=c1ccc(=CCCCCCCCCCCC(=O)O)[nH]1. The van der Waals surface area contributed by atoms with Crippen LogP contribution in [0.4, 0.5) is 0 Å². The fourth-order valence-electron chi connectivity index (χ4n) is 4.06. The number of aromatic nitrogens is 3. The van der Waals surface area contributed by atoms with E-state index < -0.39 is 5.97 Å². The first kappa shape index (κ1) is 25.5. The van der Waals surface area contributed by atoms with Crippen molar-refractivity contribution in [3.63, 3.8) is 0 Å². The highest BCUT2D eigenvalue weighted by molar-refractivity contribution is 5.66. The summed E-state index contributed by atoms with van der Waals surface area (Å²) in [5.41, 5.74) is 3.02. The molecule has 6 heteroatoms. The van der Waals surface area contributed by atoms with Crippen LogP contribution >= 0.6 is 0 Å². The van der Waals surface area contributed by atoms with Gasteiger partial charge in [-0.25, -0.2) is 0 Å². The maximum absolute atomic E-state index is 10.5. The molecule has 4 N–H and O–H groups in total. The molecule has 0 aromatic carbocycles. The standard InChI is InChI=1S/C28H39N3O3/c1-2-19-34-27-21-25(24-14-12-18-29-24)31-26(27)20-23-17-16-22(30-23)13-10-8-6-4-3-5-7-9-11-15-28(32)33/h12-14,16-18,20-21,29-31H,2-11,15,19H2,1H3,(H,32,33). The van der Waals surface area contributed by atoms with E-state index in [-0.39, 0.29) is 0 Å². The zero-order chi connectivity index (χ0) is 24.0. The predicted molar refractivity (Wildman–Crippen MR) is 138 cm³/mol. The summed E-state index contributed by atoms with van der Waals surface area (Å²) >= 11 is 0. The third-order valence-electron chi connectivity index (χ3n) is 5.90. The number of hydrogen-bond donors (Lipinski definition) is 4. The molecular formula is C28H39N3O3. The number of hydrogen-bond acceptors (Lipinski definition) is 2. The second-order valence-electron chi connectivity index (χ2n) is 8.87. The van der Waals surface area contributed by atoms with Crippen molar-refractivity contribution in [2.75, 3.05) is 6.61 Å². The van der Waals surface area contributed by atoms with Crippen LogP contribution in [0.1, 0.15) is 83.2 Å². The number of carbonyl (C=O) groups is 1. The molecule has 0 aliphatic rings. The van der Waals surface area contributed by atoms with Crippen molar-refractivity contribution in [3.05, 3.63) is 52.9 Å². The highest BCUT2D eigenvalue weighted by Gasteiger charge is 2.09. The second-order valence-corrected chi connectivity index (χ2v) is 8.87. The number of carboxylic acid groups (broad SMARTS) is 1. The molecule has 0 fully saturated rings. The average Bonchev–Trinajstić information content (AvgIpc) is 3.58. The average molecular weight is 466 g/mol. The molecule has 0 aliphatic carbocycles. The van der Waals surface area contributed by atoms with Crippen LogP contribution in [0.2, 0.25) is 0 Å². The van der Waals surface area contributed by atoms with Crippen LogP contribution < -0.4 is 15.4 Å². The molecule has 184 valence electrons. The topological polar surface area (TPSA) is 93.9 Å². The van der Waals surface area contributed by atoms with Crippen LogP contribution in [0.3, 0.4) is 0 Å². The third-order valence-corrected chi connectivity index (χ3v) is 5.90. The molecule has 3 rings (SSSR count). The number of aromatic amines is 3. The highest BCUT2D eigenvalue weighted by atomic mass is 16.5. The summed E-state index contributed by atoms with van der Waals surface area (Å²) in [6.07, 6.45) is 17.8. The predicted octanol–water partition coefficient (Wildman–Crippen LogP) is 5.72. The Balaban J connectivity index is 1.46. The lowest BCUT2D eigenvalue weighted by Crippen LogP contribution is -2.09. The quantitative estimate of drug-likeness (QED) is 0.204. The molecule has 6 nitrogen and oxygen atoms in total. The van der Waals surface area contributed by atoms with Gasteiger partial charge < -0.3 is 24.8 Å². The normalized spacial score (nSPS) is 12.5. The van der Waals surface area contributed by atoms with E-state index in [9.17, 15) is 4.79 Å². The lowest BCUT2D eigenvalue weighted by atomic mass is 10.1. The van der Waals surface area contributed by atoms with Gasteiger partial charge in [0.15, 0.2) is 0 Å². The molecule has 0 saturated heterocycles. The number of rotatable bonds is 16. The molecule has 0 amide bonds. The molecule has 0 radical (unpaired) electrons. The van der Waals surface area contributed by atoms with Gasteiger partial charge in [-0.3, -0.25) is 4.79 Å². The van der Waals surface area contributed by atoms with Gasteiger partial charge in [0.1, 0.15) is 5.75 Å². The minimum atomic E-state index is -0.681. The molecule has 0 atom stereocenters. The lowest BCUT2D eigenvalue weighted by molar-refractivity contribution is -0.137. The fraction of sp³-hybridized carbons (Fsp3) is 0.464. The maximum atomic E-state index is 10.5. The van der Waals surface area contributed by atoms with Gasteiger partial charge >= 0.3 is 5.97 Å². The van der Waals surface area contributed by atoms with E-state index in [1.54, 1.807) is 0 Å². The van der Waals surface area contributed by atoms with E-state index in [1.807, 2.05) is 18.3 Å². The van der Waals surface area contributed by atoms with Crippen molar-refractivity contribution in [3.8, 4) is 17.1 Å². The van der Waals surface area contributed by atoms with E-state index in [0.717, 1.165) is 65.6 Å². The number of nitrogens with one attached hydrogen (secondary N) is 3. The number of unbranched alkanes of at least 4 members (excludes halogenated alkanes) is 8. The summed E-state index contributed by atoms with van der Waals surface area (Å²) in [7, 11) is 0. The first-order valence-electron chi connectivity index (χ1n) is 12.7. The number of carboxylic acids is 1. The van der Waals surface area contributed by atoms with Crippen molar-refractivity contribution in [1.82, 2.24) is 15.0 Å². The summed E-state index contributed by atoms with van der Waals surface area (Å²) in [5, 5.41) is 10.8. The first-order chi connectivity index (χ1) is 16.7. The Bertz CT molecular complexity index is 1090. The van der Waals surface area contributed by atoms with Crippen molar-refractivity contribution in [2.24, 2.45) is 0 Å². The van der Waals surface area contributed by atoms with E-state index in [1.165, 1.54) is 32.1 Å². The van der Waals surface area contributed by atoms with Crippen LogP contribution in [0.15, 0.2) is 36.5 Å². The summed E-state index contributed by atoms with van der Waals surface area (Å²) < 4.78 is 5.97. The Morgan fingerprint density at radius 2 is 1.68 bits per heavy atom. The fourth-order valence-corrected chi connectivity index (χ4v) is 4.06. The Morgan fingerprint density at radius 1 is 0.941 bits per heavy atom. The van der Waals surface area contributed by atoms with Gasteiger partial charge in [0.2, 0.25) is 0 Å². The molecule has 0 bridgehead atoms. The van der Waals surface area contributed by atoms with Gasteiger partial charge in [-0.1, -0.05) is 51.5 Å². The minimum absolute atomic E-state index is 0.307. The van der Waals surface area contributed by atoms with Gasteiger partial charge in [-0.15, -0.1) is 0 Å². The number of ether oxygens (including phenoxy) is 1. The van der Waals surface area contributed by atoms with Crippen LogP contribution in [-0.2, 0) is 4.79 Å². The van der Waals surface area contributed by atoms with Crippen molar-refractivity contribution in [1.29, 1.82) is 0 Å². The van der Waals surface area contributed by atoms with Gasteiger partial charge in [0.25, 0.3) is 0 Å². The van der Waals surface area contributed by atoms with Gasteiger partial charge in [0.05, 0.1) is 23.7 Å². The van der Waals surface area contributed by atoms with Crippen LogP contribution in [0.25, 0.3) is 23.5 Å². The molecule has 3 heterocycles. The Labute approximate surface area is 202 Å². The summed E-state index contributed by atoms with van der Waals surface area (Å²) in [6, 6.07) is 10.3. The minimum Gasteiger partial charge on any atom is -0.491 e. The van der Waals surface area contributed by atoms with Crippen LogP contribution in [-0.4, -0.2) is 32.6 Å². The smallest absolute Gasteiger partial charge is 0.303 e. The summed E-state index contributed by atoms with van der Waals surface area (Å²) in [6.45, 7) is 2.80. The van der Waals surface area contributed by atoms with Gasteiger partial charge in [-0.2, -0.15) is 0 Å².